The van der Waals surface area contributed by atoms with E-state index >= 15 is 0 Å². The first-order valence-electron chi connectivity index (χ1n) is 1.26. The van der Waals surface area contributed by atoms with Gasteiger partial charge in [0, 0.05) is 0 Å². The van der Waals surface area contributed by atoms with Crippen molar-refractivity contribution in [2.75, 3.05) is 0 Å². The lowest BCUT2D eigenvalue weighted by Gasteiger charge is -2.01. The van der Waals surface area contributed by atoms with Crippen LogP contribution in [0.4, 0.5) is 0 Å². The van der Waals surface area contributed by atoms with E-state index in [1.54, 1.807) is 0 Å². The van der Waals surface area contributed by atoms with Crippen molar-refractivity contribution in [1.29, 1.82) is 0 Å². The number of hydrogen-bond acceptors (Lipinski definition) is 2. The zero-order valence-corrected chi connectivity index (χ0v) is 6.11. The molecule has 5 heteroatoms. The number of carbonyl (C=O) groups is 1. The minimum absolute atomic E-state index is 0.355. The van der Waals surface area contributed by atoms with E-state index in [-0.39, 0.29) is 0 Å². The second-order valence-electron chi connectivity index (χ2n) is 0.757. The Hall–Kier alpha value is 0.890. The maximum Gasteiger partial charge on any atom is 0.231 e. The molecule has 0 aliphatic carbocycles. The highest BCUT2D eigenvalue weighted by molar-refractivity contribution is 8.24. The van der Waals surface area contributed by atoms with Crippen LogP contribution in [0.3, 0.4) is 0 Å². The Morgan fingerprint density at radius 1 is 1.57 bits per heavy atom. The molecule has 0 aromatic heterocycles. The van der Waals surface area contributed by atoms with E-state index in [0.717, 1.165) is 0 Å². The quantitative estimate of drug-likeness (QED) is 0.478. The van der Waals surface area contributed by atoms with Crippen LogP contribution in [0.25, 0.3) is 0 Å². The zero-order chi connectivity index (χ0) is 5.91. The maximum absolute atomic E-state index is 9.69. The summed E-state index contributed by atoms with van der Waals surface area (Å²) < 4.78 is -1.47. The summed E-state index contributed by atoms with van der Waals surface area (Å²) in [7, 11) is 5.58. The Morgan fingerprint density at radius 3 is 2.00 bits per heavy atom. The van der Waals surface area contributed by atoms with Crippen molar-refractivity contribution in [2.24, 2.45) is 0 Å². The third-order valence-electron chi connectivity index (χ3n) is 0.240. The van der Waals surface area contributed by atoms with Gasteiger partial charge in [-0.1, -0.05) is 23.2 Å². The van der Waals surface area contributed by atoms with Gasteiger partial charge in [-0.05, 0) is 21.7 Å². The summed E-state index contributed by atoms with van der Waals surface area (Å²) in [5.41, 5.74) is 0. The number of hydrogen-bond donors (Lipinski definition) is 0. The molecule has 0 heterocycles. The molecule has 0 radical (unpaired) electrons. The van der Waals surface area contributed by atoms with E-state index in [9.17, 15) is 4.79 Å². The monoisotopic (exact) mass is 178 g/mol. The van der Waals surface area contributed by atoms with E-state index in [0.29, 0.717) is 17.3 Å². The van der Waals surface area contributed by atoms with Gasteiger partial charge in [0.2, 0.25) is 3.67 Å². The minimum Gasteiger partial charge on any atom is -0.299 e. The van der Waals surface area contributed by atoms with E-state index in [1.165, 1.54) is 0 Å². The summed E-state index contributed by atoms with van der Waals surface area (Å²) in [6.07, 6.45) is 0.355. The lowest BCUT2D eigenvalue weighted by atomic mass is 10.9. The summed E-state index contributed by atoms with van der Waals surface area (Å²) in [5.74, 6) is 0. The fourth-order valence-corrected chi connectivity index (χ4v) is 0.164. The number of rotatable bonds is 2. The Kier molecular flexibility index (Phi) is 3.41. The lowest BCUT2D eigenvalue weighted by Crippen LogP contribution is -2.04. The van der Waals surface area contributed by atoms with E-state index in [2.05, 4.69) is 0 Å². The van der Waals surface area contributed by atoms with Crippen LogP contribution in [0.1, 0.15) is 0 Å². The SMILES string of the molecule is O=CC(Cl)(Cl)SCl. The third kappa shape index (κ3) is 3.47. The Morgan fingerprint density at radius 2 is 2.00 bits per heavy atom. The topological polar surface area (TPSA) is 17.1 Å². The van der Waals surface area contributed by atoms with Gasteiger partial charge in [-0.15, -0.1) is 0 Å². The molecule has 0 fully saturated rings. The minimum atomic E-state index is -1.47. The van der Waals surface area contributed by atoms with Gasteiger partial charge in [0.25, 0.3) is 0 Å². The first-order valence-corrected chi connectivity index (χ1v) is 3.66. The van der Waals surface area contributed by atoms with Crippen molar-refractivity contribution in [1.82, 2.24) is 0 Å². The smallest absolute Gasteiger partial charge is 0.231 e. The van der Waals surface area contributed by atoms with Crippen LogP contribution in [-0.2, 0) is 4.79 Å². The Labute approximate surface area is 59.8 Å². The molecule has 0 atom stereocenters. The average molecular weight is 179 g/mol. The van der Waals surface area contributed by atoms with E-state index in [1.807, 2.05) is 0 Å². The van der Waals surface area contributed by atoms with Gasteiger partial charge in [0.05, 0.1) is 0 Å². The average Bonchev–Trinajstić information content (AvgIpc) is 1.68. The molecule has 42 valence electrons. The predicted molar refractivity (Wildman–Crippen MR) is 33.9 cm³/mol. The second kappa shape index (κ2) is 3.02. The van der Waals surface area contributed by atoms with Gasteiger partial charge in [-0.3, -0.25) is 4.79 Å². The molecule has 0 aliphatic heterocycles. The molecule has 0 N–H and O–H groups in total. The van der Waals surface area contributed by atoms with Gasteiger partial charge in [0.15, 0.2) is 6.29 Å². The van der Waals surface area contributed by atoms with Crippen molar-refractivity contribution in [3.8, 4) is 0 Å². The van der Waals surface area contributed by atoms with Crippen LogP contribution < -0.4 is 0 Å². The van der Waals surface area contributed by atoms with Crippen molar-refractivity contribution in [3.05, 3.63) is 0 Å². The van der Waals surface area contributed by atoms with Gasteiger partial charge in [-0.25, -0.2) is 0 Å². The molecule has 0 rings (SSSR count). The van der Waals surface area contributed by atoms with Gasteiger partial charge in [0.1, 0.15) is 0 Å². The molecular formula is C2HCl3OS. The molecule has 0 amide bonds. The molecular weight excluding hydrogens is 178 g/mol. The highest BCUT2D eigenvalue weighted by Gasteiger charge is 2.21. The Bertz CT molecular complexity index is 73.3. The van der Waals surface area contributed by atoms with Crippen molar-refractivity contribution < 1.29 is 4.79 Å². The summed E-state index contributed by atoms with van der Waals surface area (Å²) in [6.45, 7) is 0. The van der Waals surface area contributed by atoms with E-state index in [4.69, 9.17) is 33.9 Å². The summed E-state index contributed by atoms with van der Waals surface area (Å²) in [6, 6.07) is 0. The number of alkyl halides is 2. The summed E-state index contributed by atoms with van der Waals surface area (Å²) in [4.78, 5) is 9.69. The first-order chi connectivity index (χ1) is 3.12. The second-order valence-corrected chi connectivity index (χ2v) is 3.85. The molecule has 7 heavy (non-hydrogen) atoms. The van der Waals surface area contributed by atoms with Crippen LogP contribution in [-0.4, -0.2) is 9.95 Å². The van der Waals surface area contributed by atoms with Gasteiger partial charge >= 0.3 is 0 Å². The van der Waals surface area contributed by atoms with Gasteiger partial charge < -0.3 is 0 Å². The number of halogens is 3. The van der Waals surface area contributed by atoms with Crippen LogP contribution in [0, 0.1) is 0 Å². The molecule has 0 bridgehead atoms. The zero-order valence-electron chi connectivity index (χ0n) is 3.03. The Balaban J connectivity index is 3.58. The molecule has 0 saturated carbocycles. The molecule has 1 nitrogen and oxygen atoms in total. The van der Waals surface area contributed by atoms with Gasteiger partial charge in [-0.2, -0.15) is 0 Å². The number of carbonyl (C=O) groups excluding carboxylic acids is 1. The molecule has 0 aliphatic rings. The standard InChI is InChI=1S/C2HCl3OS/c3-2(4,1-6)7-5/h1H. The summed E-state index contributed by atoms with van der Waals surface area (Å²) in [5, 5.41) is 0. The third-order valence-corrected chi connectivity index (χ3v) is 2.39. The van der Waals surface area contributed by atoms with Crippen molar-refractivity contribution in [3.63, 3.8) is 0 Å². The van der Waals surface area contributed by atoms with Crippen LogP contribution in [0.15, 0.2) is 0 Å². The lowest BCUT2D eigenvalue weighted by molar-refractivity contribution is -0.106. The molecule has 0 unspecified atom stereocenters. The first kappa shape index (κ1) is 7.89. The highest BCUT2D eigenvalue weighted by atomic mass is 35.7. The highest BCUT2D eigenvalue weighted by Crippen LogP contribution is 2.34. The predicted octanol–water partition coefficient (Wildman–Crippen LogP) is 2.20. The van der Waals surface area contributed by atoms with Crippen LogP contribution >= 0.6 is 44.9 Å². The molecule has 0 spiro atoms. The van der Waals surface area contributed by atoms with Crippen molar-refractivity contribution in [2.45, 2.75) is 3.67 Å². The van der Waals surface area contributed by atoms with E-state index < -0.39 is 3.67 Å². The fourth-order valence-electron chi connectivity index (χ4n) is 0.0182. The van der Waals surface area contributed by atoms with Crippen LogP contribution in [0.5, 0.6) is 0 Å². The normalized spacial score (nSPS) is 11.3. The summed E-state index contributed by atoms with van der Waals surface area (Å²) >= 11 is 10.3. The molecule has 0 aromatic rings. The fraction of sp³-hybridized carbons (Fsp3) is 0.500. The molecule has 0 aromatic carbocycles. The largest absolute Gasteiger partial charge is 0.299 e. The van der Waals surface area contributed by atoms with Crippen LogP contribution in [0.2, 0.25) is 0 Å². The maximum atomic E-state index is 9.69. The van der Waals surface area contributed by atoms with Crippen molar-refractivity contribution >= 4 is 51.1 Å². The molecule has 0 saturated heterocycles. The number of aldehydes is 1.